The Labute approximate surface area is 140 Å². The van der Waals surface area contributed by atoms with Gasteiger partial charge in [0.25, 0.3) is 5.91 Å². The lowest BCUT2D eigenvalue weighted by molar-refractivity contribution is 0.102. The highest BCUT2D eigenvalue weighted by molar-refractivity contribution is 6.05. The normalized spacial score (nSPS) is 9.74. The van der Waals surface area contributed by atoms with E-state index in [9.17, 15) is 4.79 Å². The summed E-state index contributed by atoms with van der Waals surface area (Å²) in [6.07, 6.45) is 1.35. The molecule has 0 spiro atoms. The van der Waals surface area contributed by atoms with Crippen molar-refractivity contribution in [3.8, 4) is 17.2 Å². The van der Waals surface area contributed by atoms with Gasteiger partial charge in [-0.25, -0.2) is 0 Å². The first kappa shape index (κ1) is 18.7. The standard InChI is InChI=1S/C15H18N2O5.ClH/c1-19-12-6-14(21-3)13(20-2)5-11(12)17-15(18)9-4-10(7-16)22-8-9;/h4-6,8H,7,16H2,1-3H3,(H,17,18);1H. The second-order valence-corrected chi connectivity index (χ2v) is 4.37. The molecular weight excluding hydrogens is 324 g/mol. The summed E-state index contributed by atoms with van der Waals surface area (Å²) in [4.78, 5) is 12.2. The minimum Gasteiger partial charge on any atom is -0.494 e. The molecule has 8 heteroatoms. The third-order valence-electron chi connectivity index (χ3n) is 3.07. The van der Waals surface area contributed by atoms with Gasteiger partial charge in [0.05, 0.1) is 39.1 Å². The Bertz CT molecular complexity index is 672. The van der Waals surface area contributed by atoms with Crippen LogP contribution < -0.4 is 25.3 Å². The molecule has 0 saturated heterocycles. The molecule has 126 valence electrons. The summed E-state index contributed by atoms with van der Waals surface area (Å²) in [5.41, 5.74) is 6.29. The molecule has 0 unspecified atom stereocenters. The highest BCUT2D eigenvalue weighted by Gasteiger charge is 2.16. The van der Waals surface area contributed by atoms with Gasteiger partial charge in [-0.1, -0.05) is 0 Å². The number of carbonyl (C=O) groups is 1. The Balaban J connectivity index is 0.00000264. The number of hydrogen-bond donors (Lipinski definition) is 2. The number of rotatable bonds is 6. The second kappa shape index (κ2) is 8.30. The van der Waals surface area contributed by atoms with E-state index in [1.807, 2.05) is 0 Å². The Kier molecular flexibility index (Phi) is 6.74. The quantitative estimate of drug-likeness (QED) is 0.837. The van der Waals surface area contributed by atoms with E-state index in [-0.39, 0.29) is 24.9 Å². The Morgan fingerprint density at radius 1 is 1.09 bits per heavy atom. The summed E-state index contributed by atoms with van der Waals surface area (Å²) in [6.45, 7) is 0.229. The monoisotopic (exact) mass is 342 g/mol. The van der Waals surface area contributed by atoms with Crippen LogP contribution in [-0.4, -0.2) is 27.2 Å². The Morgan fingerprint density at radius 3 is 2.22 bits per heavy atom. The van der Waals surface area contributed by atoms with E-state index >= 15 is 0 Å². The molecule has 3 N–H and O–H groups in total. The van der Waals surface area contributed by atoms with Crippen LogP contribution in [-0.2, 0) is 6.54 Å². The third-order valence-corrected chi connectivity index (χ3v) is 3.07. The van der Waals surface area contributed by atoms with Crippen molar-refractivity contribution < 1.29 is 23.4 Å². The summed E-state index contributed by atoms with van der Waals surface area (Å²) < 4.78 is 20.8. The summed E-state index contributed by atoms with van der Waals surface area (Å²) in [7, 11) is 4.54. The zero-order chi connectivity index (χ0) is 16.1. The number of nitrogens with one attached hydrogen (secondary N) is 1. The fourth-order valence-electron chi connectivity index (χ4n) is 1.93. The van der Waals surface area contributed by atoms with Gasteiger partial charge in [-0.15, -0.1) is 12.4 Å². The molecule has 0 aliphatic heterocycles. The zero-order valence-electron chi connectivity index (χ0n) is 13.0. The lowest BCUT2D eigenvalue weighted by Gasteiger charge is -2.14. The summed E-state index contributed by atoms with van der Waals surface area (Å²) in [5.74, 6) is 1.63. The van der Waals surface area contributed by atoms with Gasteiger partial charge in [-0.05, 0) is 6.07 Å². The van der Waals surface area contributed by atoms with Crippen molar-refractivity contribution in [1.82, 2.24) is 0 Å². The molecule has 1 heterocycles. The van der Waals surface area contributed by atoms with E-state index in [1.165, 1.54) is 27.6 Å². The van der Waals surface area contributed by atoms with E-state index in [4.69, 9.17) is 24.4 Å². The van der Waals surface area contributed by atoms with Crippen LogP contribution in [0.2, 0.25) is 0 Å². The number of carbonyl (C=O) groups excluding carboxylic acids is 1. The van der Waals surface area contributed by atoms with Crippen molar-refractivity contribution in [2.24, 2.45) is 5.73 Å². The Morgan fingerprint density at radius 2 is 1.70 bits per heavy atom. The average Bonchev–Trinajstić information content (AvgIpc) is 3.03. The molecule has 7 nitrogen and oxygen atoms in total. The predicted molar refractivity (Wildman–Crippen MR) is 87.9 cm³/mol. The average molecular weight is 343 g/mol. The van der Waals surface area contributed by atoms with Gasteiger partial charge in [0.15, 0.2) is 11.5 Å². The number of ether oxygens (including phenoxy) is 3. The smallest absolute Gasteiger partial charge is 0.259 e. The van der Waals surface area contributed by atoms with Gasteiger partial charge in [-0.2, -0.15) is 0 Å². The first-order valence-corrected chi connectivity index (χ1v) is 6.51. The van der Waals surface area contributed by atoms with Crippen LogP contribution >= 0.6 is 12.4 Å². The van der Waals surface area contributed by atoms with Gasteiger partial charge >= 0.3 is 0 Å². The van der Waals surface area contributed by atoms with E-state index < -0.39 is 0 Å². The van der Waals surface area contributed by atoms with E-state index in [2.05, 4.69) is 5.32 Å². The lowest BCUT2D eigenvalue weighted by Crippen LogP contribution is -2.12. The molecular formula is C15H19ClN2O5. The van der Waals surface area contributed by atoms with Crippen molar-refractivity contribution in [1.29, 1.82) is 0 Å². The van der Waals surface area contributed by atoms with Crippen molar-refractivity contribution >= 4 is 24.0 Å². The molecule has 0 aliphatic carbocycles. The number of nitrogens with two attached hydrogens (primary N) is 1. The maximum atomic E-state index is 12.2. The van der Waals surface area contributed by atoms with Crippen molar-refractivity contribution in [3.05, 3.63) is 35.8 Å². The largest absolute Gasteiger partial charge is 0.494 e. The first-order chi connectivity index (χ1) is 10.6. The molecule has 23 heavy (non-hydrogen) atoms. The van der Waals surface area contributed by atoms with E-state index in [0.717, 1.165) is 0 Å². The maximum absolute atomic E-state index is 12.2. The van der Waals surface area contributed by atoms with Crippen LogP contribution in [0.15, 0.2) is 28.9 Å². The minimum absolute atomic E-state index is 0. The molecule has 0 bridgehead atoms. The summed E-state index contributed by atoms with van der Waals surface area (Å²) >= 11 is 0. The topological polar surface area (TPSA) is 96.0 Å². The number of halogens is 1. The highest BCUT2D eigenvalue weighted by atomic mass is 35.5. The van der Waals surface area contributed by atoms with E-state index in [0.29, 0.717) is 34.3 Å². The predicted octanol–water partition coefficient (Wildman–Crippen LogP) is 2.44. The molecule has 0 saturated carbocycles. The molecule has 0 atom stereocenters. The van der Waals surface area contributed by atoms with Gasteiger partial charge < -0.3 is 29.7 Å². The number of anilines is 1. The van der Waals surface area contributed by atoms with E-state index in [1.54, 1.807) is 18.2 Å². The van der Waals surface area contributed by atoms with Gasteiger partial charge in [0, 0.05) is 12.1 Å². The molecule has 0 radical (unpaired) electrons. The van der Waals surface area contributed by atoms with Crippen LogP contribution in [0.5, 0.6) is 17.2 Å². The second-order valence-electron chi connectivity index (χ2n) is 4.37. The molecule has 0 aliphatic rings. The van der Waals surface area contributed by atoms with Crippen LogP contribution in [0.4, 0.5) is 5.69 Å². The fraction of sp³-hybridized carbons (Fsp3) is 0.267. The minimum atomic E-state index is -0.339. The highest BCUT2D eigenvalue weighted by Crippen LogP contribution is 2.37. The molecule has 2 rings (SSSR count). The Hall–Kier alpha value is -2.38. The third kappa shape index (κ3) is 4.08. The van der Waals surface area contributed by atoms with Crippen LogP contribution in [0, 0.1) is 0 Å². The van der Waals surface area contributed by atoms with Crippen LogP contribution in [0.1, 0.15) is 16.1 Å². The van der Waals surface area contributed by atoms with Crippen molar-refractivity contribution in [3.63, 3.8) is 0 Å². The SMILES string of the molecule is COc1cc(OC)c(OC)cc1NC(=O)c1coc(CN)c1.Cl. The number of hydrogen-bond acceptors (Lipinski definition) is 6. The fourth-order valence-corrected chi connectivity index (χ4v) is 1.93. The molecule has 1 amide bonds. The molecule has 1 aromatic heterocycles. The number of amides is 1. The molecule has 0 fully saturated rings. The first-order valence-electron chi connectivity index (χ1n) is 6.51. The summed E-state index contributed by atoms with van der Waals surface area (Å²) in [5, 5.41) is 2.74. The number of methoxy groups -OCH3 is 3. The molecule has 2 aromatic rings. The van der Waals surface area contributed by atoms with Crippen LogP contribution in [0.3, 0.4) is 0 Å². The van der Waals surface area contributed by atoms with Gasteiger partial charge in [-0.3, -0.25) is 4.79 Å². The molecule has 1 aromatic carbocycles. The number of benzene rings is 1. The van der Waals surface area contributed by atoms with Crippen molar-refractivity contribution in [2.45, 2.75) is 6.54 Å². The van der Waals surface area contributed by atoms with Crippen molar-refractivity contribution in [2.75, 3.05) is 26.6 Å². The van der Waals surface area contributed by atoms with Gasteiger partial charge in [0.2, 0.25) is 0 Å². The van der Waals surface area contributed by atoms with Crippen LogP contribution in [0.25, 0.3) is 0 Å². The van der Waals surface area contributed by atoms with Gasteiger partial charge in [0.1, 0.15) is 17.8 Å². The maximum Gasteiger partial charge on any atom is 0.259 e. The number of furan rings is 1. The lowest BCUT2D eigenvalue weighted by atomic mass is 10.2. The zero-order valence-corrected chi connectivity index (χ0v) is 13.9. The summed E-state index contributed by atoms with van der Waals surface area (Å²) in [6, 6.07) is 4.84.